The van der Waals surface area contributed by atoms with E-state index in [0.29, 0.717) is 0 Å². The molecule has 4 heterocycles. The number of ether oxygens (including phenoxy) is 8. The van der Waals surface area contributed by atoms with Gasteiger partial charge in [0.05, 0.1) is 31.9 Å². The number of carboxylic acids is 1. The predicted octanol–water partition coefficient (Wildman–Crippen LogP) is -9.32. The summed E-state index contributed by atoms with van der Waals surface area (Å²) in [6, 6.07) is -3.57. The summed E-state index contributed by atoms with van der Waals surface area (Å²) in [4.78, 5) is 22.0. The SMILES string of the molecule is CO[C@@H]1OC(CO)[C@@H](OC2OC(CO)[C@@H](OC3O[C@@H](CO)[C@@H](OC)C(O)C3N)[C@H](O)[C@@H]2N)C(O)C1NC(C)=O.O=C(O)C1OC(O)[C@@H](O)[C@@H](O)[C@@H]1O. The standard InChI is InChI=1S/C22H41N3O14.C6H10O7/c1-7(29)25-13-16(32)19(10(6-28)37-22(13)34-3)39-21-12(24)15(31)18(9(5-27)36-21)38-20-11(23)14(30)17(33-2)8(4-26)35-20;7-1-2(8)4(5(10)11)13-6(12)3(1)9/h8-22,26-28,30-32H,4-6,23-24H2,1-3H3,(H,25,29);1-4,6-9,12H,(H,10,11)/t8-,9?,10?,11?,12-,13?,14?,15+,16?,17+,18+,19+,20?,21?,22+;1-,2-,3-,4?,6?/m00/s1. The number of hydrogen-bond donors (Lipinski definition) is 14. The van der Waals surface area contributed by atoms with Crippen LogP contribution < -0.4 is 16.8 Å². The van der Waals surface area contributed by atoms with Crippen LogP contribution in [0.3, 0.4) is 0 Å². The van der Waals surface area contributed by atoms with Gasteiger partial charge in [-0.15, -0.1) is 0 Å². The average molecular weight is 766 g/mol. The smallest absolute Gasteiger partial charge is 0.335 e. The summed E-state index contributed by atoms with van der Waals surface area (Å²) in [5, 5.41) is 109. The Kier molecular flexibility index (Phi) is 16.8. The van der Waals surface area contributed by atoms with Crippen molar-refractivity contribution >= 4 is 11.9 Å². The number of carbonyl (C=O) groups is 2. The summed E-state index contributed by atoms with van der Waals surface area (Å²) < 4.78 is 43.3. The topological polar surface area (TPSA) is 395 Å². The van der Waals surface area contributed by atoms with Crippen LogP contribution in [0.15, 0.2) is 0 Å². The van der Waals surface area contributed by atoms with Gasteiger partial charge in [0.15, 0.2) is 31.3 Å². The zero-order valence-corrected chi connectivity index (χ0v) is 28.3. The van der Waals surface area contributed by atoms with Crippen LogP contribution >= 0.6 is 0 Å². The molecule has 4 aliphatic rings. The van der Waals surface area contributed by atoms with E-state index in [2.05, 4.69) is 10.1 Å². The molecular formula is C28H51N3O21. The lowest BCUT2D eigenvalue weighted by Gasteiger charge is -2.49. The molecule has 0 aromatic carbocycles. The van der Waals surface area contributed by atoms with Crippen molar-refractivity contribution in [2.24, 2.45) is 11.5 Å². The Balaban J connectivity index is 0.000000471. The average Bonchev–Trinajstić information content (AvgIpc) is 3.11. The Morgan fingerprint density at radius 3 is 1.48 bits per heavy atom. The maximum Gasteiger partial charge on any atom is 0.335 e. The van der Waals surface area contributed by atoms with Gasteiger partial charge in [-0.1, -0.05) is 0 Å². The Labute approximate surface area is 296 Å². The maximum atomic E-state index is 11.7. The third-order valence-electron chi connectivity index (χ3n) is 8.94. The number of rotatable bonds is 11. The molecule has 1 amide bonds. The molecule has 24 heteroatoms. The Hall–Kier alpha value is -1.86. The summed E-state index contributed by atoms with van der Waals surface area (Å²) in [6.07, 6.45) is -23.9. The van der Waals surface area contributed by atoms with Gasteiger partial charge >= 0.3 is 5.97 Å². The third-order valence-corrected chi connectivity index (χ3v) is 8.94. The molecule has 4 rings (SSSR count). The Morgan fingerprint density at radius 1 is 0.615 bits per heavy atom. The molecule has 0 aromatic heterocycles. The van der Waals surface area contributed by atoms with E-state index in [0.717, 1.165) is 0 Å². The normalized spacial score (nSPS) is 46.8. The first kappa shape index (κ1) is 44.5. The number of methoxy groups -OCH3 is 2. The zero-order chi connectivity index (χ0) is 39.2. The van der Waals surface area contributed by atoms with Gasteiger partial charge < -0.3 is 111 Å². The molecule has 52 heavy (non-hydrogen) atoms. The van der Waals surface area contributed by atoms with Crippen molar-refractivity contribution in [1.29, 1.82) is 0 Å². The molecule has 0 aliphatic carbocycles. The van der Waals surface area contributed by atoms with E-state index in [-0.39, 0.29) is 0 Å². The highest BCUT2D eigenvalue weighted by molar-refractivity contribution is 5.73. The zero-order valence-electron chi connectivity index (χ0n) is 28.3. The number of aliphatic carboxylic acids is 1. The van der Waals surface area contributed by atoms with Crippen molar-refractivity contribution in [2.75, 3.05) is 34.0 Å². The maximum absolute atomic E-state index is 11.7. The first-order chi connectivity index (χ1) is 24.5. The van der Waals surface area contributed by atoms with Crippen LogP contribution in [0.1, 0.15) is 6.92 Å². The van der Waals surface area contributed by atoms with Gasteiger partial charge in [0.1, 0.15) is 79.3 Å². The first-order valence-electron chi connectivity index (χ1n) is 16.1. The lowest BCUT2D eigenvalue weighted by Crippen LogP contribution is -2.70. The predicted molar refractivity (Wildman–Crippen MR) is 163 cm³/mol. The lowest BCUT2D eigenvalue weighted by atomic mass is 9.94. The first-order valence-corrected chi connectivity index (χ1v) is 16.1. The van der Waals surface area contributed by atoms with Gasteiger partial charge in [0, 0.05) is 21.1 Å². The monoisotopic (exact) mass is 765 g/mol. The summed E-state index contributed by atoms with van der Waals surface area (Å²) in [5.74, 6) is -2.00. The fourth-order valence-electron chi connectivity index (χ4n) is 6.08. The molecule has 4 fully saturated rings. The highest BCUT2D eigenvalue weighted by Crippen LogP contribution is 2.32. The van der Waals surface area contributed by atoms with E-state index in [9.17, 15) is 40.2 Å². The van der Waals surface area contributed by atoms with Gasteiger partial charge in [-0.2, -0.15) is 0 Å². The number of carbonyl (C=O) groups excluding carboxylic acids is 1. The van der Waals surface area contributed by atoms with Gasteiger partial charge in [-0.05, 0) is 0 Å². The van der Waals surface area contributed by atoms with Crippen molar-refractivity contribution in [3.8, 4) is 0 Å². The molecule has 20 atom stereocenters. The summed E-state index contributed by atoms with van der Waals surface area (Å²) >= 11 is 0. The highest BCUT2D eigenvalue weighted by Gasteiger charge is 2.53. The number of amides is 1. The molecule has 0 radical (unpaired) electrons. The van der Waals surface area contributed by atoms with Crippen LogP contribution in [0.25, 0.3) is 0 Å². The largest absolute Gasteiger partial charge is 0.479 e. The Bertz CT molecular complexity index is 1130. The van der Waals surface area contributed by atoms with E-state index >= 15 is 0 Å². The van der Waals surface area contributed by atoms with E-state index < -0.39 is 154 Å². The van der Waals surface area contributed by atoms with Gasteiger partial charge in [-0.25, -0.2) is 4.79 Å². The number of aliphatic hydroxyl groups excluding tert-OH is 10. The van der Waals surface area contributed by atoms with E-state index in [4.69, 9.17) is 70.2 Å². The summed E-state index contributed by atoms with van der Waals surface area (Å²) in [5.41, 5.74) is 12.2. The van der Waals surface area contributed by atoms with Crippen molar-refractivity contribution < 1.29 is 104 Å². The van der Waals surface area contributed by atoms with Crippen molar-refractivity contribution in [3.63, 3.8) is 0 Å². The fourth-order valence-corrected chi connectivity index (χ4v) is 6.08. The van der Waals surface area contributed by atoms with E-state index in [1.54, 1.807) is 0 Å². The number of hydrogen-bond acceptors (Lipinski definition) is 22. The molecule has 16 N–H and O–H groups in total. The van der Waals surface area contributed by atoms with Gasteiger partial charge in [0.25, 0.3) is 0 Å². The van der Waals surface area contributed by atoms with Crippen LogP contribution in [0.2, 0.25) is 0 Å². The van der Waals surface area contributed by atoms with Crippen LogP contribution in [-0.4, -0.2) is 225 Å². The van der Waals surface area contributed by atoms with Crippen LogP contribution in [0.4, 0.5) is 0 Å². The summed E-state index contributed by atoms with van der Waals surface area (Å²) in [7, 11) is 2.61. The molecule has 4 aliphatic heterocycles. The highest BCUT2D eigenvalue weighted by atomic mass is 16.7. The molecule has 304 valence electrons. The van der Waals surface area contributed by atoms with E-state index in [1.165, 1.54) is 21.1 Å². The second-order valence-electron chi connectivity index (χ2n) is 12.4. The van der Waals surface area contributed by atoms with Crippen LogP contribution in [0, 0.1) is 0 Å². The van der Waals surface area contributed by atoms with Crippen molar-refractivity contribution in [3.05, 3.63) is 0 Å². The van der Waals surface area contributed by atoms with Gasteiger partial charge in [0.2, 0.25) is 5.91 Å². The lowest BCUT2D eigenvalue weighted by molar-refractivity contribution is -0.350. The quantitative estimate of drug-likeness (QED) is 0.0928. The van der Waals surface area contributed by atoms with Crippen molar-refractivity contribution in [1.82, 2.24) is 5.32 Å². The second kappa shape index (κ2) is 19.6. The van der Waals surface area contributed by atoms with E-state index in [1.807, 2.05) is 0 Å². The number of aliphatic hydroxyl groups is 10. The third kappa shape index (κ3) is 9.86. The number of nitrogens with one attached hydrogen (secondary N) is 1. The molecule has 0 bridgehead atoms. The minimum atomic E-state index is -1.81. The molecule has 4 saturated heterocycles. The summed E-state index contributed by atoms with van der Waals surface area (Å²) in [6.45, 7) is -0.584. The molecule has 0 aromatic rings. The second-order valence-corrected chi connectivity index (χ2v) is 12.4. The molecule has 10 unspecified atom stereocenters. The molecular weight excluding hydrogens is 714 g/mol. The van der Waals surface area contributed by atoms with Crippen LogP contribution in [0.5, 0.6) is 0 Å². The number of nitrogens with two attached hydrogens (primary N) is 2. The minimum Gasteiger partial charge on any atom is -0.479 e. The molecule has 24 nitrogen and oxygen atoms in total. The van der Waals surface area contributed by atoms with Crippen LogP contribution in [-0.2, 0) is 47.5 Å². The van der Waals surface area contributed by atoms with Gasteiger partial charge in [-0.3, -0.25) is 4.79 Å². The molecule has 0 saturated carbocycles. The minimum absolute atomic E-state index is 0.485. The Morgan fingerprint density at radius 2 is 1.06 bits per heavy atom. The van der Waals surface area contributed by atoms with Crippen molar-refractivity contribution in [2.45, 2.75) is 130 Å². The number of carboxylic acid groups (broad SMARTS) is 1. The molecule has 0 spiro atoms. The fraction of sp³-hybridized carbons (Fsp3) is 0.929.